The molecule has 45 heavy (non-hydrogen) atoms. The van der Waals surface area contributed by atoms with Gasteiger partial charge in [-0.2, -0.15) is 0 Å². The average Bonchev–Trinajstić information content (AvgIpc) is 3.01. The van der Waals surface area contributed by atoms with E-state index in [9.17, 15) is 18.0 Å². The number of carbonyl (C=O) groups is 2. The Morgan fingerprint density at radius 3 is 2.00 bits per heavy atom. The first-order chi connectivity index (χ1) is 21.3. The third kappa shape index (κ3) is 8.91. The van der Waals surface area contributed by atoms with Crippen molar-refractivity contribution in [3.8, 4) is 17.2 Å². The minimum atomic E-state index is -4.30. The van der Waals surface area contributed by atoms with E-state index in [2.05, 4.69) is 5.32 Å². The van der Waals surface area contributed by atoms with E-state index in [0.717, 1.165) is 21.0 Å². The number of hydrogen-bond donors (Lipinski definition) is 1. The number of aryl methyl sites for hydroxylation is 2. The van der Waals surface area contributed by atoms with Crippen LogP contribution in [-0.2, 0) is 26.2 Å². The highest BCUT2D eigenvalue weighted by molar-refractivity contribution is 7.92. The molecule has 0 aromatic heterocycles. The molecule has 0 aliphatic carbocycles. The number of hydrogen-bond acceptors (Lipinski definition) is 7. The van der Waals surface area contributed by atoms with Crippen LogP contribution in [0, 0.1) is 19.8 Å². The van der Waals surface area contributed by atoms with Gasteiger partial charge in [-0.15, -0.1) is 0 Å². The smallest absolute Gasteiger partial charge is 0.264 e. The second-order valence-electron chi connectivity index (χ2n) is 11.3. The Hall–Kier alpha value is -4.25. The first kappa shape index (κ1) is 35.2. The number of anilines is 1. The molecule has 0 aliphatic rings. The van der Waals surface area contributed by atoms with Gasteiger partial charge in [0, 0.05) is 19.2 Å². The van der Waals surface area contributed by atoms with Gasteiger partial charge in [-0.3, -0.25) is 13.9 Å². The highest BCUT2D eigenvalue weighted by Gasteiger charge is 2.34. The Labute approximate surface area is 267 Å². The first-order valence-electron chi connectivity index (χ1n) is 14.9. The summed E-state index contributed by atoms with van der Waals surface area (Å²) in [4.78, 5) is 29.1. The highest BCUT2D eigenvalue weighted by Crippen LogP contribution is 2.33. The third-order valence-corrected chi connectivity index (χ3v) is 9.07. The zero-order valence-electron chi connectivity index (χ0n) is 27.4. The summed E-state index contributed by atoms with van der Waals surface area (Å²) in [7, 11) is 0.156. The maximum absolute atomic E-state index is 14.3. The summed E-state index contributed by atoms with van der Waals surface area (Å²) in [5.74, 6) is 0.646. The lowest BCUT2D eigenvalue weighted by atomic mass is 10.1. The van der Waals surface area contributed by atoms with Crippen LogP contribution in [-0.4, -0.2) is 65.6 Å². The van der Waals surface area contributed by atoms with Crippen molar-refractivity contribution in [2.24, 2.45) is 5.92 Å². The largest absolute Gasteiger partial charge is 0.497 e. The Morgan fingerprint density at radius 2 is 1.47 bits per heavy atom. The molecule has 0 bridgehead atoms. The van der Waals surface area contributed by atoms with E-state index in [1.54, 1.807) is 31.4 Å². The number of methoxy groups -OCH3 is 3. The summed E-state index contributed by atoms with van der Waals surface area (Å²) in [5.41, 5.74) is 2.76. The average molecular weight is 640 g/mol. The lowest BCUT2D eigenvalue weighted by molar-refractivity contribution is -0.140. The molecule has 0 unspecified atom stereocenters. The number of ether oxygens (including phenoxy) is 3. The lowest BCUT2D eigenvalue weighted by Gasteiger charge is -2.33. The van der Waals surface area contributed by atoms with Crippen LogP contribution in [0.25, 0.3) is 0 Å². The maximum atomic E-state index is 14.3. The van der Waals surface area contributed by atoms with Crippen LogP contribution < -0.4 is 23.8 Å². The van der Waals surface area contributed by atoms with Crippen molar-refractivity contribution < 1.29 is 32.2 Å². The number of nitrogens with one attached hydrogen (secondary N) is 1. The minimum absolute atomic E-state index is 0.0736. The molecule has 1 N–H and O–H groups in total. The highest BCUT2D eigenvalue weighted by atomic mass is 32.2. The van der Waals surface area contributed by atoms with Gasteiger partial charge in [0.15, 0.2) is 11.5 Å². The zero-order chi connectivity index (χ0) is 33.3. The quantitative estimate of drug-likeness (QED) is 0.246. The molecule has 0 saturated carbocycles. The summed E-state index contributed by atoms with van der Waals surface area (Å²) in [5, 5.41) is 2.94. The summed E-state index contributed by atoms with van der Waals surface area (Å²) in [6, 6.07) is 16.0. The normalized spacial score (nSPS) is 11.9. The molecule has 11 heteroatoms. The molecule has 3 aromatic rings. The van der Waals surface area contributed by atoms with Gasteiger partial charge in [0.2, 0.25) is 11.8 Å². The van der Waals surface area contributed by atoms with E-state index in [1.165, 1.54) is 37.3 Å². The van der Waals surface area contributed by atoms with Gasteiger partial charge >= 0.3 is 0 Å². The van der Waals surface area contributed by atoms with Crippen LogP contribution >= 0.6 is 0 Å². The Bertz CT molecular complexity index is 1550. The second-order valence-corrected chi connectivity index (χ2v) is 13.2. The van der Waals surface area contributed by atoms with Crippen LogP contribution in [0.4, 0.5) is 5.69 Å². The molecular formula is C34H45N3O7S. The van der Waals surface area contributed by atoms with Crippen molar-refractivity contribution in [3.63, 3.8) is 0 Å². The van der Waals surface area contributed by atoms with E-state index in [-0.39, 0.29) is 29.0 Å². The van der Waals surface area contributed by atoms with Crippen molar-refractivity contribution >= 4 is 27.5 Å². The van der Waals surface area contributed by atoms with E-state index < -0.39 is 28.5 Å². The molecule has 3 rings (SSSR count). The van der Waals surface area contributed by atoms with Gasteiger partial charge in [-0.25, -0.2) is 8.42 Å². The fraction of sp³-hybridized carbons (Fsp3) is 0.412. The molecule has 0 saturated heterocycles. The van der Waals surface area contributed by atoms with Gasteiger partial charge < -0.3 is 24.4 Å². The lowest BCUT2D eigenvalue weighted by Crippen LogP contribution is -2.52. The zero-order valence-corrected chi connectivity index (χ0v) is 28.2. The van der Waals surface area contributed by atoms with Crippen LogP contribution in [0.3, 0.4) is 0 Å². The van der Waals surface area contributed by atoms with Gasteiger partial charge in [0.25, 0.3) is 10.0 Å². The maximum Gasteiger partial charge on any atom is 0.264 e. The van der Waals surface area contributed by atoms with Crippen molar-refractivity contribution in [1.29, 1.82) is 0 Å². The number of nitrogens with zero attached hydrogens (tertiary/aromatic N) is 2. The predicted molar refractivity (Wildman–Crippen MR) is 175 cm³/mol. The minimum Gasteiger partial charge on any atom is -0.497 e. The van der Waals surface area contributed by atoms with E-state index in [1.807, 2.05) is 52.8 Å². The third-order valence-electron chi connectivity index (χ3n) is 7.30. The summed E-state index contributed by atoms with van der Waals surface area (Å²) in [6.07, 6.45) is 0.331. The predicted octanol–water partition coefficient (Wildman–Crippen LogP) is 5.10. The molecule has 2 amide bonds. The fourth-order valence-electron chi connectivity index (χ4n) is 5.00. The number of sulfonamides is 1. The number of carbonyl (C=O) groups excluding carboxylic acids is 2. The van der Waals surface area contributed by atoms with Crippen molar-refractivity contribution in [2.45, 2.75) is 58.5 Å². The SMILES string of the molecule is CC[C@@H](C(=O)NCC(C)C)N(Cc1ccc(OC)cc1)C(=O)CN(c1cc(C)cc(C)c1)S(=O)(=O)c1ccc(OC)c(OC)c1. The van der Waals surface area contributed by atoms with Crippen LogP contribution in [0.5, 0.6) is 17.2 Å². The van der Waals surface area contributed by atoms with Crippen LogP contribution in [0.1, 0.15) is 43.9 Å². The van der Waals surface area contributed by atoms with Gasteiger partial charge in [-0.05, 0) is 79.3 Å². The van der Waals surface area contributed by atoms with Crippen molar-refractivity contribution in [3.05, 3.63) is 77.4 Å². The van der Waals surface area contributed by atoms with Crippen molar-refractivity contribution in [2.75, 3.05) is 38.7 Å². The summed E-state index contributed by atoms with van der Waals surface area (Å²) >= 11 is 0. The van der Waals surface area contributed by atoms with Crippen LogP contribution in [0.15, 0.2) is 65.6 Å². The Kier molecular flexibility index (Phi) is 12.3. The van der Waals surface area contributed by atoms with Crippen LogP contribution in [0.2, 0.25) is 0 Å². The topological polar surface area (TPSA) is 114 Å². The molecule has 0 spiro atoms. The molecule has 3 aromatic carbocycles. The fourth-order valence-corrected chi connectivity index (χ4v) is 6.41. The summed E-state index contributed by atoms with van der Waals surface area (Å²) < 4.78 is 45.7. The second kappa shape index (κ2) is 15.7. The van der Waals surface area contributed by atoms with E-state index in [0.29, 0.717) is 30.2 Å². The Balaban J connectivity index is 2.12. The Morgan fingerprint density at radius 1 is 0.844 bits per heavy atom. The standard InChI is InChI=1S/C34H45N3O7S/c1-9-30(34(39)35-20-23(2)3)36(21-26-10-12-28(42-6)13-11-26)33(38)22-37(27-17-24(4)16-25(5)18-27)45(40,41)29-14-15-31(43-7)32(19-29)44-8/h10-19,23,30H,9,20-22H2,1-8H3,(H,35,39)/t30-/m0/s1. The van der Waals surface area contributed by atoms with E-state index >= 15 is 0 Å². The van der Waals surface area contributed by atoms with Gasteiger partial charge in [-0.1, -0.05) is 39.0 Å². The molecular weight excluding hydrogens is 594 g/mol. The van der Waals surface area contributed by atoms with E-state index in [4.69, 9.17) is 14.2 Å². The number of rotatable bonds is 15. The monoisotopic (exact) mass is 639 g/mol. The number of amides is 2. The van der Waals surface area contributed by atoms with Crippen molar-refractivity contribution in [1.82, 2.24) is 10.2 Å². The molecule has 10 nitrogen and oxygen atoms in total. The molecule has 1 atom stereocenters. The number of benzene rings is 3. The molecule has 0 heterocycles. The molecule has 0 aliphatic heterocycles. The first-order valence-corrected chi connectivity index (χ1v) is 16.3. The van der Waals surface area contributed by atoms with Gasteiger partial charge in [0.05, 0.1) is 31.9 Å². The molecule has 244 valence electrons. The van der Waals surface area contributed by atoms with Gasteiger partial charge in [0.1, 0.15) is 18.3 Å². The molecule has 0 radical (unpaired) electrons. The summed E-state index contributed by atoms with van der Waals surface area (Å²) in [6.45, 7) is 9.53. The molecule has 0 fully saturated rings.